The van der Waals surface area contributed by atoms with Gasteiger partial charge in [0.05, 0.1) is 35.4 Å². The molecule has 0 bridgehead atoms. The van der Waals surface area contributed by atoms with Crippen molar-refractivity contribution >= 4 is 37.9 Å². The maximum Gasteiger partial charge on any atom is 0.261 e. The maximum atomic E-state index is 13.4. The van der Waals surface area contributed by atoms with Crippen LogP contribution in [0.25, 0.3) is 0 Å². The minimum absolute atomic E-state index is 0.0423. The zero-order chi connectivity index (χ0) is 28.0. The van der Waals surface area contributed by atoms with Crippen LogP contribution in [0.2, 0.25) is 23.7 Å². The topological polar surface area (TPSA) is 48.7 Å². The lowest BCUT2D eigenvalue weighted by Crippen LogP contribution is -2.68. The molecule has 1 aromatic heterocycles. The summed E-state index contributed by atoms with van der Waals surface area (Å²) >= 11 is 0. The Labute approximate surface area is 230 Å². The van der Waals surface area contributed by atoms with Crippen LogP contribution in [0.3, 0.4) is 0 Å². The molecule has 6 heteroatoms. The minimum atomic E-state index is -2.79. The fourth-order valence-corrected chi connectivity index (χ4v) is 16.8. The van der Waals surface area contributed by atoms with Crippen molar-refractivity contribution in [3.8, 4) is 0 Å². The van der Waals surface area contributed by atoms with Crippen LogP contribution in [0.15, 0.2) is 83.5 Å². The average molecular weight is 549 g/mol. The van der Waals surface area contributed by atoms with E-state index in [1.165, 1.54) is 10.4 Å². The van der Waals surface area contributed by atoms with Gasteiger partial charge in [0.25, 0.3) is 8.32 Å². The monoisotopic (exact) mass is 548 g/mol. The number of ketones is 1. The van der Waals surface area contributed by atoms with Crippen LogP contribution >= 0.6 is 0 Å². The Morgan fingerprint density at radius 2 is 1.45 bits per heavy atom. The summed E-state index contributed by atoms with van der Waals surface area (Å²) in [4.78, 5) is 13.4. The van der Waals surface area contributed by atoms with Gasteiger partial charge in [-0.2, -0.15) is 0 Å². The van der Waals surface area contributed by atoms with Crippen molar-refractivity contribution in [3.63, 3.8) is 0 Å². The van der Waals surface area contributed by atoms with Crippen molar-refractivity contribution in [2.75, 3.05) is 6.61 Å². The Bertz CT molecular complexity index is 1190. The van der Waals surface area contributed by atoms with Crippen LogP contribution < -0.4 is 15.8 Å². The summed E-state index contributed by atoms with van der Waals surface area (Å²) in [7, 11) is -5.13. The Morgan fingerprint density at radius 1 is 0.921 bits per heavy atom. The van der Waals surface area contributed by atoms with Gasteiger partial charge in [0.1, 0.15) is 13.9 Å². The molecule has 1 aliphatic rings. The normalized spacial score (nSPS) is 26.4. The zero-order valence-corrected chi connectivity index (χ0v) is 26.5. The highest BCUT2D eigenvalue weighted by Gasteiger charge is 2.67. The van der Waals surface area contributed by atoms with Crippen molar-refractivity contribution in [1.29, 1.82) is 0 Å². The van der Waals surface area contributed by atoms with E-state index < -0.39 is 27.4 Å². The van der Waals surface area contributed by atoms with Gasteiger partial charge >= 0.3 is 0 Å². The number of ether oxygens (including phenoxy) is 1. The first kappa shape index (κ1) is 28.7. The molecule has 3 aromatic rings. The largest absolute Gasteiger partial charge is 0.474 e. The molecule has 38 heavy (non-hydrogen) atoms. The maximum absolute atomic E-state index is 13.4. The van der Waals surface area contributed by atoms with Crippen LogP contribution in [-0.4, -0.2) is 40.5 Å². The molecule has 4 atom stereocenters. The van der Waals surface area contributed by atoms with Gasteiger partial charge in [-0.05, 0) is 48.3 Å². The fourth-order valence-electron chi connectivity index (χ4n) is 7.38. The molecule has 2 heterocycles. The van der Waals surface area contributed by atoms with Gasteiger partial charge in [0.15, 0.2) is 0 Å². The predicted molar refractivity (Wildman–Crippen MR) is 161 cm³/mol. The van der Waals surface area contributed by atoms with Gasteiger partial charge in [-0.1, -0.05) is 101 Å². The molecule has 4 rings (SSSR count). The van der Waals surface area contributed by atoms with Gasteiger partial charge in [-0.3, -0.25) is 4.79 Å². The van der Waals surface area contributed by atoms with E-state index in [9.17, 15) is 4.79 Å². The highest BCUT2D eigenvalue weighted by atomic mass is 28.4. The van der Waals surface area contributed by atoms with E-state index in [2.05, 4.69) is 121 Å². The van der Waals surface area contributed by atoms with Crippen molar-refractivity contribution < 1.29 is 18.4 Å². The van der Waals surface area contributed by atoms with E-state index in [1.54, 1.807) is 13.2 Å². The molecule has 0 spiro atoms. The third-order valence-electron chi connectivity index (χ3n) is 9.13. The van der Waals surface area contributed by atoms with E-state index in [1.807, 2.05) is 6.07 Å². The van der Waals surface area contributed by atoms with Gasteiger partial charge in [0.2, 0.25) is 0 Å². The molecule has 0 unspecified atom stereocenters. The first-order chi connectivity index (χ1) is 17.7. The number of rotatable bonds is 8. The molecular formula is C32H44O4Si2. The van der Waals surface area contributed by atoms with Crippen LogP contribution in [0.1, 0.15) is 48.5 Å². The van der Waals surface area contributed by atoms with Crippen LogP contribution in [0.4, 0.5) is 0 Å². The van der Waals surface area contributed by atoms with E-state index in [0.717, 1.165) is 5.38 Å². The molecule has 1 saturated heterocycles. The summed E-state index contributed by atoms with van der Waals surface area (Å²) in [5.41, 5.74) is -1.36. The summed E-state index contributed by atoms with van der Waals surface area (Å²) in [6.45, 7) is 19.9. The second-order valence-electron chi connectivity index (χ2n) is 13.0. The highest BCUT2D eigenvalue weighted by molar-refractivity contribution is 6.99. The quantitative estimate of drug-likeness (QED) is 0.328. The number of carbonyl (C=O) groups is 1. The molecule has 204 valence electrons. The zero-order valence-electron chi connectivity index (χ0n) is 24.5. The molecule has 4 nitrogen and oxygen atoms in total. The lowest BCUT2D eigenvalue weighted by Gasteiger charge is -2.48. The highest BCUT2D eigenvalue weighted by Crippen LogP contribution is 2.58. The second-order valence-corrected chi connectivity index (χ2v) is 21.8. The summed E-state index contributed by atoms with van der Waals surface area (Å²) in [5.74, 6) is 0.163. The van der Waals surface area contributed by atoms with E-state index in [4.69, 9.17) is 13.6 Å². The Balaban J connectivity index is 1.87. The molecular weight excluding hydrogens is 505 g/mol. The second kappa shape index (κ2) is 10.0. The smallest absolute Gasteiger partial charge is 0.261 e. The van der Waals surface area contributed by atoms with Crippen LogP contribution in [-0.2, 0) is 14.0 Å². The first-order valence-corrected chi connectivity index (χ1v) is 18.7. The summed E-state index contributed by atoms with van der Waals surface area (Å²) in [6, 6.07) is 25.4. The minimum Gasteiger partial charge on any atom is -0.474 e. The molecule has 0 N–H and O–H groups in total. The summed E-state index contributed by atoms with van der Waals surface area (Å²) < 4.78 is 20.3. The molecule has 1 aliphatic heterocycles. The summed E-state index contributed by atoms with van der Waals surface area (Å²) in [5, 5.41) is 3.32. The molecule has 0 saturated carbocycles. The lowest BCUT2D eigenvalue weighted by molar-refractivity contribution is -0.128. The van der Waals surface area contributed by atoms with Crippen LogP contribution in [0.5, 0.6) is 0 Å². The standard InChI is InChI=1S/C32H44O4Si2/c1-24(33)32(7)25(2)36-31(6,29(32)37(8,9)28-21-16-22-34-28)23-35-38(30(3,4)5,26-17-12-10-13-18-26)27-19-14-11-15-20-27/h10-22,25,29H,23H2,1-9H3/t25-,29+,31+,32+/m0/s1. The number of hydrogen-bond acceptors (Lipinski definition) is 4. The van der Waals surface area contributed by atoms with Crippen molar-refractivity contribution in [1.82, 2.24) is 0 Å². The van der Waals surface area contributed by atoms with Gasteiger partial charge < -0.3 is 13.6 Å². The van der Waals surface area contributed by atoms with Crippen molar-refractivity contribution in [2.24, 2.45) is 5.41 Å². The molecule has 1 fully saturated rings. The van der Waals surface area contributed by atoms with Crippen LogP contribution in [0, 0.1) is 5.41 Å². The molecule has 2 aromatic carbocycles. The van der Waals surface area contributed by atoms with E-state index in [-0.39, 0.29) is 22.5 Å². The first-order valence-electron chi connectivity index (χ1n) is 13.7. The number of benzene rings is 2. The van der Waals surface area contributed by atoms with Gasteiger partial charge in [-0.15, -0.1) is 0 Å². The number of furan rings is 1. The Kier molecular flexibility index (Phi) is 7.60. The van der Waals surface area contributed by atoms with Crippen molar-refractivity contribution in [2.45, 2.75) is 83.8 Å². The number of Topliss-reactive ketones (excluding diaryl/α,β-unsaturated/α-hetero) is 1. The lowest BCUT2D eigenvalue weighted by atomic mass is 9.75. The number of hydrogen-bond donors (Lipinski definition) is 0. The third kappa shape index (κ3) is 4.49. The Morgan fingerprint density at radius 3 is 1.87 bits per heavy atom. The van der Waals surface area contributed by atoms with Crippen molar-refractivity contribution in [3.05, 3.63) is 79.1 Å². The van der Waals surface area contributed by atoms with Gasteiger partial charge in [-0.25, -0.2) is 0 Å². The van der Waals surface area contributed by atoms with E-state index >= 15 is 0 Å². The molecule has 0 amide bonds. The molecule has 0 radical (unpaired) electrons. The molecule has 0 aliphatic carbocycles. The fraction of sp³-hybridized carbons (Fsp3) is 0.469. The summed E-state index contributed by atoms with van der Waals surface area (Å²) in [6.07, 6.45) is 1.50. The third-order valence-corrected chi connectivity index (χ3v) is 18.3. The number of carbonyl (C=O) groups excluding carboxylic acids is 1. The predicted octanol–water partition coefficient (Wildman–Crippen LogP) is 5.91. The Hall–Kier alpha value is -2.26. The van der Waals surface area contributed by atoms with E-state index in [0.29, 0.717) is 6.61 Å². The average Bonchev–Trinajstić information content (AvgIpc) is 3.47. The SMILES string of the molecule is CC(=O)[C@]1(C)[C@H](C)O[C@](C)(CO[Si](c2ccccc2)(c2ccccc2)C(C)(C)C)[C@H]1[Si](C)(C)c1ccco1. The van der Waals surface area contributed by atoms with Gasteiger partial charge in [0, 0.05) is 5.54 Å².